The summed E-state index contributed by atoms with van der Waals surface area (Å²) >= 11 is 3.95. The van der Waals surface area contributed by atoms with Gasteiger partial charge >= 0.3 is 5.97 Å². The number of benzene rings is 1. The molecule has 0 aromatic heterocycles. The van der Waals surface area contributed by atoms with E-state index in [1.807, 2.05) is 0 Å². The number of amides is 1. The van der Waals surface area contributed by atoms with Crippen molar-refractivity contribution in [1.82, 2.24) is 4.90 Å². The van der Waals surface area contributed by atoms with E-state index in [2.05, 4.69) is 12.6 Å². The third kappa shape index (κ3) is 3.78. The SMILES string of the molecule is CN(C)C(=O)c1ccccc1OC(=O)CCS. The molecule has 0 atom stereocenters. The number of rotatable bonds is 4. The molecule has 1 amide bonds. The normalized spacial score (nSPS) is 9.82. The van der Waals surface area contributed by atoms with Crippen LogP contribution in [-0.2, 0) is 4.79 Å². The zero-order valence-corrected chi connectivity index (χ0v) is 10.7. The van der Waals surface area contributed by atoms with Crippen LogP contribution in [0.5, 0.6) is 5.75 Å². The average molecular weight is 253 g/mol. The van der Waals surface area contributed by atoms with Crippen molar-refractivity contribution >= 4 is 24.5 Å². The Morgan fingerprint density at radius 1 is 1.29 bits per heavy atom. The first-order valence-corrected chi connectivity index (χ1v) is 5.81. The van der Waals surface area contributed by atoms with E-state index in [0.29, 0.717) is 11.3 Å². The first-order chi connectivity index (χ1) is 8.06. The molecule has 0 heterocycles. The largest absolute Gasteiger partial charge is 0.426 e. The van der Waals surface area contributed by atoms with Crippen molar-refractivity contribution < 1.29 is 14.3 Å². The number of hydrogen-bond donors (Lipinski definition) is 1. The molecule has 0 unspecified atom stereocenters. The number of hydrogen-bond acceptors (Lipinski definition) is 4. The Balaban J connectivity index is 2.92. The van der Waals surface area contributed by atoms with Gasteiger partial charge in [0, 0.05) is 19.8 Å². The van der Waals surface area contributed by atoms with Gasteiger partial charge in [0.25, 0.3) is 5.91 Å². The Morgan fingerprint density at radius 3 is 2.53 bits per heavy atom. The van der Waals surface area contributed by atoms with Gasteiger partial charge in [-0.25, -0.2) is 0 Å². The van der Waals surface area contributed by atoms with Gasteiger partial charge < -0.3 is 9.64 Å². The summed E-state index contributed by atoms with van der Waals surface area (Å²) in [6.07, 6.45) is 0.216. The van der Waals surface area contributed by atoms with E-state index in [0.717, 1.165) is 0 Å². The number of para-hydroxylation sites is 1. The highest BCUT2D eigenvalue weighted by Crippen LogP contribution is 2.19. The van der Waals surface area contributed by atoms with Crippen molar-refractivity contribution in [2.45, 2.75) is 6.42 Å². The summed E-state index contributed by atoms with van der Waals surface area (Å²) in [5.41, 5.74) is 0.380. The molecule has 0 aliphatic heterocycles. The maximum atomic E-state index is 11.8. The Kier molecular flexibility index (Phi) is 5.03. The summed E-state index contributed by atoms with van der Waals surface area (Å²) in [7, 11) is 3.29. The number of thiol groups is 1. The second-order valence-corrected chi connectivity index (χ2v) is 4.09. The number of carbonyl (C=O) groups excluding carboxylic acids is 2. The van der Waals surface area contributed by atoms with Crippen LogP contribution in [0.3, 0.4) is 0 Å². The fourth-order valence-corrected chi connectivity index (χ4v) is 1.42. The molecule has 0 radical (unpaired) electrons. The quantitative estimate of drug-likeness (QED) is 0.504. The topological polar surface area (TPSA) is 46.6 Å². The van der Waals surface area contributed by atoms with Crippen LogP contribution in [0.2, 0.25) is 0 Å². The minimum absolute atomic E-state index is 0.195. The lowest BCUT2D eigenvalue weighted by molar-refractivity contribution is -0.133. The second-order valence-electron chi connectivity index (χ2n) is 3.64. The van der Waals surface area contributed by atoms with Crippen LogP contribution < -0.4 is 4.74 Å². The second kappa shape index (κ2) is 6.30. The van der Waals surface area contributed by atoms with E-state index in [9.17, 15) is 9.59 Å². The van der Waals surface area contributed by atoms with Gasteiger partial charge in [0.05, 0.1) is 12.0 Å². The van der Waals surface area contributed by atoms with Gasteiger partial charge in [0.1, 0.15) is 5.75 Å². The molecule has 0 aliphatic carbocycles. The fraction of sp³-hybridized carbons (Fsp3) is 0.333. The van der Waals surface area contributed by atoms with E-state index in [4.69, 9.17) is 4.74 Å². The highest BCUT2D eigenvalue weighted by atomic mass is 32.1. The van der Waals surface area contributed by atoms with Crippen LogP contribution in [0.25, 0.3) is 0 Å². The molecule has 0 fully saturated rings. The molecule has 17 heavy (non-hydrogen) atoms. The third-order valence-electron chi connectivity index (χ3n) is 2.06. The molecule has 0 saturated carbocycles. The Morgan fingerprint density at radius 2 is 1.94 bits per heavy atom. The van der Waals surface area contributed by atoms with E-state index < -0.39 is 0 Å². The predicted molar refractivity (Wildman–Crippen MR) is 68.6 cm³/mol. The van der Waals surface area contributed by atoms with Crippen LogP contribution in [0, 0.1) is 0 Å². The molecule has 0 spiro atoms. The lowest BCUT2D eigenvalue weighted by Gasteiger charge is -2.13. The van der Waals surface area contributed by atoms with E-state index in [-0.39, 0.29) is 24.0 Å². The van der Waals surface area contributed by atoms with Crippen LogP contribution in [0.1, 0.15) is 16.8 Å². The van der Waals surface area contributed by atoms with Gasteiger partial charge in [-0.3, -0.25) is 9.59 Å². The smallest absolute Gasteiger partial charge is 0.312 e. The molecule has 1 aromatic carbocycles. The van der Waals surface area contributed by atoms with Gasteiger partial charge in [0.15, 0.2) is 0 Å². The molecule has 5 heteroatoms. The molecule has 0 N–H and O–H groups in total. The summed E-state index contributed by atoms with van der Waals surface area (Å²) in [5.74, 6) is 0.124. The summed E-state index contributed by atoms with van der Waals surface area (Å²) < 4.78 is 5.12. The molecule has 1 aromatic rings. The van der Waals surface area contributed by atoms with Gasteiger partial charge in [-0.2, -0.15) is 12.6 Å². The van der Waals surface area contributed by atoms with Crippen LogP contribution >= 0.6 is 12.6 Å². The zero-order valence-electron chi connectivity index (χ0n) is 9.84. The molecule has 1 rings (SSSR count). The monoisotopic (exact) mass is 253 g/mol. The van der Waals surface area contributed by atoms with E-state index in [1.165, 1.54) is 4.90 Å². The highest BCUT2D eigenvalue weighted by Gasteiger charge is 2.15. The molecular formula is C12H15NO3S. The number of nitrogens with zero attached hydrogens (tertiary/aromatic N) is 1. The van der Waals surface area contributed by atoms with Crippen molar-refractivity contribution in [1.29, 1.82) is 0 Å². The van der Waals surface area contributed by atoms with Crippen molar-refractivity contribution in [3.8, 4) is 5.75 Å². The Bertz CT molecular complexity index is 418. The molecular weight excluding hydrogens is 238 g/mol. The van der Waals surface area contributed by atoms with Gasteiger partial charge in [0.2, 0.25) is 0 Å². The maximum absolute atomic E-state index is 11.8. The summed E-state index contributed by atoms with van der Waals surface area (Å²) in [4.78, 5) is 24.6. The fourth-order valence-electron chi connectivity index (χ4n) is 1.24. The van der Waals surface area contributed by atoms with Crippen molar-refractivity contribution in [3.05, 3.63) is 29.8 Å². The number of ether oxygens (including phenoxy) is 1. The average Bonchev–Trinajstić information content (AvgIpc) is 2.29. The number of esters is 1. The number of carbonyl (C=O) groups is 2. The zero-order chi connectivity index (χ0) is 12.8. The Hall–Kier alpha value is -1.49. The van der Waals surface area contributed by atoms with E-state index >= 15 is 0 Å². The van der Waals surface area contributed by atoms with Crippen molar-refractivity contribution in [2.24, 2.45) is 0 Å². The first kappa shape index (κ1) is 13.6. The predicted octanol–water partition coefficient (Wildman–Crippen LogP) is 1.61. The maximum Gasteiger partial charge on any atom is 0.312 e. The molecule has 0 bridgehead atoms. The van der Waals surface area contributed by atoms with Crippen LogP contribution in [-0.4, -0.2) is 36.6 Å². The standard InChI is InChI=1S/C12H15NO3S/c1-13(2)12(15)9-5-3-4-6-10(9)16-11(14)7-8-17/h3-6,17H,7-8H2,1-2H3. The molecule has 4 nitrogen and oxygen atoms in total. The minimum Gasteiger partial charge on any atom is -0.426 e. The van der Waals surface area contributed by atoms with Gasteiger partial charge in [-0.15, -0.1) is 0 Å². The van der Waals surface area contributed by atoms with Crippen LogP contribution in [0.4, 0.5) is 0 Å². The highest BCUT2D eigenvalue weighted by molar-refractivity contribution is 7.80. The minimum atomic E-state index is -0.390. The first-order valence-electron chi connectivity index (χ1n) is 5.18. The molecule has 0 aliphatic rings. The lowest BCUT2D eigenvalue weighted by atomic mass is 10.2. The van der Waals surface area contributed by atoms with Crippen LogP contribution in [0.15, 0.2) is 24.3 Å². The van der Waals surface area contributed by atoms with Gasteiger partial charge in [-0.05, 0) is 12.1 Å². The van der Waals surface area contributed by atoms with E-state index in [1.54, 1.807) is 38.4 Å². The lowest BCUT2D eigenvalue weighted by Crippen LogP contribution is -2.23. The van der Waals surface area contributed by atoms with Crippen molar-refractivity contribution in [2.75, 3.05) is 19.8 Å². The van der Waals surface area contributed by atoms with Gasteiger partial charge in [-0.1, -0.05) is 12.1 Å². The third-order valence-corrected chi connectivity index (χ3v) is 2.29. The van der Waals surface area contributed by atoms with Crippen molar-refractivity contribution in [3.63, 3.8) is 0 Å². The summed E-state index contributed by atoms with van der Waals surface area (Å²) in [6, 6.07) is 6.68. The Labute approximate surface area is 106 Å². The molecule has 92 valence electrons. The summed E-state index contributed by atoms with van der Waals surface area (Å²) in [5, 5.41) is 0. The summed E-state index contributed by atoms with van der Waals surface area (Å²) in [6.45, 7) is 0. The molecule has 0 saturated heterocycles.